The molecule has 0 heterocycles. The number of ether oxygens (including phenoxy) is 2. The third kappa shape index (κ3) is 3.09. The van der Waals surface area contributed by atoms with Crippen molar-refractivity contribution in [3.8, 4) is 0 Å². The van der Waals surface area contributed by atoms with Gasteiger partial charge in [0, 0.05) is 14.0 Å². The van der Waals surface area contributed by atoms with Crippen molar-refractivity contribution in [2.45, 2.75) is 6.92 Å². The van der Waals surface area contributed by atoms with Gasteiger partial charge in [0.05, 0.1) is 31.0 Å². The van der Waals surface area contributed by atoms with Crippen molar-refractivity contribution in [2.24, 2.45) is 0 Å². The van der Waals surface area contributed by atoms with Crippen molar-refractivity contribution in [2.75, 3.05) is 26.2 Å². The Kier molecular flexibility index (Phi) is 4.63. The van der Waals surface area contributed by atoms with Crippen LogP contribution in [0.5, 0.6) is 0 Å². The average Bonchev–Trinajstić information content (AvgIpc) is 2.43. The number of hydrogen-bond acceptors (Lipinski definition) is 5. The van der Waals surface area contributed by atoms with Crippen LogP contribution in [-0.2, 0) is 14.3 Å². The summed E-state index contributed by atoms with van der Waals surface area (Å²) in [4.78, 5) is 35.8. The second-order valence-electron chi connectivity index (χ2n) is 3.79. The molecule has 0 aromatic heterocycles. The fraction of sp³-hybridized carbons (Fsp3) is 0.308. The molecule has 0 bridgehead atoms. The highest BCUT2D eigenvalue weighted by Crippen LogP contribution is 2.23. The molecule has 0 atom stereocenters. The minimum absolute atomic E-state index is 0.202. The van der Waals surface area contributed by atoms with Crippen molar-refractivity contribution in [1.29, 1.82) is 0 Å². The average molecular weight is 265 g/mol. The van der Waals surface area contributed by atoms with Gasteiger partial charge in [-0.2, -0.15) is 0 Å². The Morgan fingerprint density at radius 1 is 1.05 bits per heavy atom. The Labute approximate surface area is 110 Å². The van der Waals surface area contributed by atoms with Crippen molar-refractivity contribution in [3.05, 3.63) is 29.3 Å². The van der Waals surface area contributed by atoms with E-state index in [2.05, 4.69) is 9.47 Å². The SMILES string of the molecule is COC(=O)c1ccc(C(=O)OC)c(N(C)C(C)=O)c1. The van der Waals surface area contributed by atoms with Crippen LogP contribution in [0, 0.1) is 0 Å². The molecule has 102 valence electrons. The second kappa shape index (κ2) is 5.99. The first-order valence-corrected chi connectivity index (χ1v) is 5.47. The molecule has 0 saturated heterocycles. The third-order valence-corrected chi connectivity index (χ3v) is 2.66. The van der Waals surface area contributed by atoms with E-state index in [-0.39, 0.29) is 17.0 Å². The van der Waals surface area contributed by atoms with E-state index in [9.17, 15) is 14.4 Å². The third-order valence-electron chi connectivity index (χ3n) is 2.66. The standard InChI is InChI=1S/C13H15NO5/c1-8(15)14(2)11-7-9(12(16)18-3)5-6-10(11)13(17)19-4/h5-7H,1-4H3. The van der Waals surface area contributed by atoms with Gasteiger partial charge in [0.1, 0.15) is 0 Å². The minimum Gasteiger partial charge on any atom is -0.465 e. The summed E-state index contributed by atoms with van der Waals surface area (Å²) in [6, 6.07) is 4.28. The van der Waals surface area contributed by atoms with Crippen LogP contribution in [0.4, 0.5) is 5.69 Å². The topological polar surface area (TPSA) is 72.9 Å². The van der Waals surface area contributed by atoms with Gasteiger partial charge in [0.25, 0.3) is 0 Å². The molecule has 1 aromatic rings. The molecule has 0 radical (unpaired) electrons. The largest absolute Gasteiger partial charge is 0.465 e. The number of amides is 1. The van der Waals surface area contributed by atoms with E-state index in [0.29, 0.717) is 5.69 Å². The zero-order valence-corrected chi connectivity index (χ0v) is 11.2. The molecule has 0 aliphatic rings. The fourth-order valence-electron chi connectivity index (χ4n) is 1.51. The lowest BCUT2D eigenvalue weighted by atomic mass is 10.1. The van der Waals surface area contributed by atoms with Crippen LogP contribution >= 0.6 is 0 Å². The lowest BCUT2D eigenvalue weighted by Gasteiger charge is -2.18. The molecule has 0 fully saturated rings. The van der Waals surface area contributed by atoms with E-state index < -0.39 is 11.9 Å². The van der Waals surface area contributed by atoms with Gasteiger partial charge in [-0.1, -0.05) is 0 Å². The highest BCUT2D eigenvalue weighted by atomic mass is 16.5. The zero-order chi connectivity index (χ0) is 14.6. The summed E-state index contributed by atoms with van der Waals surface area (Å²) in [7, 11) is 4.00. The molecule has 1 aromatic carbocycles. The first kappa shape index (κ1) is 14.7. The molecule has 0 unspecified atom stereocenters. The number of esters is 2. The molecule has 6 nitrogen and oxygen atoms in total. The van der Waals surface area contributed by atoms with Gasteiger partial charge in [0.2, 0.25) is 5.91 Å². The van der Waals surface area contributed by atoms with Crippen LogP contribution in [0.15, 0.2) is 18.2 Å². The van der Waals surface area contributed by atoms with E-state index in [4.69, 9.17) is 0 Å². The lowest BCUT2D eigenvalue weighted by Crippen LogP contribution is -2.25. The summed E-state index contributed by atoms with van der Waals surface area (Å²) in [5.41, 5.74) is 0.744. The van der Waals surface area contributed by atoms with Crippen molar-refractivity contribution < 1.29 is 23.9 Å². The van der Waals surface area contributed by atoms with E-state index in [0.717, 1.165) is 0 Å². The summed E-state index contributed by atoms with van der Waals surface area (Å²) in [6.07, 6.45) is 0. The Balaban J connectivity index is 3.38. The van der Waals surface area contributed by atoms with Crippen LogP contribution in [0.25, 0.3) is 0 Å². The van der Waals surface area contributed by atoms with Gasteiger partial charge in [-0.05, 0) is 18.2 Å². The molecule has 0 N–H and O–H groups in total. The minimum atomic E-state index is -0.584. The van der Waals surface area contributed by atoms with Gasteiger partial charge in [0.15, 0.2) is 0 Å². The summed E-state index contributed by atoms with van der Waals surface area (Å²) in [5, 5.41) is 0. The number of carbonyl (C=O) groups is 3. The summed E-state index contributed by atoms with van der Waals surface area (Å²) in [6.45, 7) is 1.35. The highest BCUT2D eigenvalue weighted by Gasteiger charge is 2.19. The molecule has 0 spiro atoms. The normalized spacial score (nSPS) is 9.68. The monoisotopic (exact) mass is 265 g/mol. The Morgan fingerprint density at radius 3 is 2.11 bits per heavy atom. The molecular weight excluding hydrogens is 250 g/mol. The van der Waals surface area contributed by atoms with E-state index in [1.54, 1.807) is 0 Å². The number of benzene rings is 1. The molecule has 6 heteroatoms. The maximum absolute atomic E-state index is 11.6. The van der Waals surface area contributed by atoms with Crippen molar-refractivity contribution in [1.82, 2.24) is 0 Å². The predicted octanol–water partition coefficient (Wildman–Crippen LogP) is 1.24. The number of hydrogen-bond donors (Lipinski definition) is 0. The molecule has 1 rings (SSSR count). The van der Waals surface area contributed by atoms with Crippen LogP contribution < -0.4 is 4.90 Å². The second-order valence-corrected chi connectivity index (χ2v) is 3.79. The zero-order valence-electron chi connectivity index (χ0n) is 11.2. The van der Waals surface area contributed by atoms with Crippen molar-refractivity contribution in [3.63, 3.8) is 0 Å². The van der Waals surface area contributed by atoms with Gasteiger partial charge in [-0.25, -0.2) is 9.59 Å². The fourth-order valence-corrected chi connectivity index (χ4v) is 1.51. The number of methoxy groups -OCH3 is 2. The molecular formula is C13H15NO5. The first-order chi connectivity index (χ1) is 8.92. The molecule has 0 saturated carbocycles. The summed E-state index contributed by atoms with van der Waals surface area (Å²) < 4.78 is 9.24. The predicted molar refractivity (Wildman–Crippen MR) is 68.2 cm³/mol. The maximum atomic E-state index is 11.6. The van der Waals surface area contributed by atoms with E-state index in [1.165, 1.54) is 51.3 Å². The van der Waals surface area contributed by atoms with Crippen LogP contribution in [-0.4, -0.2) is 39.1 Å². The van der Waals surface area contributed by atoms with E-state index >= 15 is 0 Å². The van der Waals surface area contributed by atoms with Gasteiger partial charge < -0.3 is 14.4 Å². The Morgan fingerprint density at radius 2 is 1.63 bits per heavy atom. The van der Waals surface area contributed by atoms with E-state index in [1.807, 2.05) is 0 Å². The summed E-state index contributed by atoms with van der Waals surface area (Å²) in [5.74, 6) is -1.40. The lowest BCUT2D eigenvalue weighted by molar-refractivity contribution is -0.116. The quantitative estimate of drug-likeness (QED) is 0.769. The van der Waals surface area contributed by atoms with Gasteiger partial charge in [-0.3, -0.25) is 4.79 Å². The Bertz CT molecular complexity index is 524. The van der Waals surface area contributed by atoms with Gasteiger partial charge in [-0.15, -0.1) is 0 Å². The van der Waals surface area contributed by atoms with Gasteiger partial charge >= 0.3 is 11.9 Å². The maximum Gasteiger partial charge on any atom is 0.339 e. The number of carbonyl (C=O) groups excluding carboxylic acids is 3. The highest BCUT2D eigenvalue weighted by molar-refractivity contribution is 6.03. The Hall–Kier alpha value is -2.37. The number of anilines is 1. The van der Waals surface area contributed by atoms with Crippen molar-refractivity contribution >= 4 is 23.5 Å². The van der Waals surface area contributed by atoms with Crippen LogP contribution in [0.3, 0.4) is 0 Å². The summed E-state index contributed by atoms with van der Waals surface area (Å²) >= 11 is 0. The molecule has 19 heavy (non-hydrogen) atoms. The molecule has 1 amide bonds. The van der Waals surface area contributed by atoms with Crippen LogP contribution in [0.2, 0.25) is 0 Å². The number of rotatable bonds is 3. The first-order valence-electron chi connectivity index (χ1n) is 5.47. The smallest absolute Gasteiger partial charge is 0.339 e. The molecule has 0 aliphatic heterocycles. The number of nitrogens with zero attached hydrogens (tertiary/aromatic N) is 1. The molecule has 0 aliphatic carbocycles. The van der Waals surface area contributed by atoms with Crippen LogP contribution in [0.1, 0.15) is 27.6 Å².